The Labute approximate surface area is 120 Å². The number of hydrogen-bond donors (Lipinski definition) is 0. The van der Waals surface area contributed by atoms with Crippen molar-refractivity contribution < 1.29 is 0 Å². The molecule has 2 heteroatoms. The van der Waals surface area contributed by atoms with Gasteiger partial charge in [-0.2, -0.15) is 0 Å². The van der Waals surface area contributed by atoms with E-state index in [-0.39, 0.29) is 0 Å². The van der Waals surface area contributed by atoms with Crippen LogP contribution in [0.4, 0.5) is 0 Å². The van der Waals surface area contributed by atoms with E-state index in [4.69, 9.17) is 0 Å². The van der Waals surface area contributed by atoms with E-state index in [0.717, 1.165) is 0 Å². The summed E-state index contributed by atoms with van der Waals surface area (Å²) >= 11 is -2.05. The van der Waals surface area contributed by atoms with E-state index in [0.29, 0.717) is 0 Å². The van der Waals surface area contributed by atoms with Crippen LogP contribution in [0.3, 0.4) is 0 Å². The van der Waals surface area contributed by atoms with Gasteiger partial charge in [-0.3, -0.25) is 0 Å². The number of aromatic nitrogens is 1. The van der Waals surface area contributed by atoms with Gasteiger partial charge in [-0.1, -0.05) is 0 Å². The van der Waals surface area contributed by atoms with Crippen molar-refractivity contribution in [2.45, 2.75) is 0 Å². The minimum absolute atomic E-state index is 1.44. The van der Waals surface area contributed by atoms with Gasteiger partial charge in [-0.05, 0) is 0 Å². The van der Waals surface area contributed by atoms with Crippen LogP contribution in [0, 0.1) is 0 Å². The summed E-state index contributed by atoms with van der Waals surface area (Å²) in [5, 5.41) is 0. The van der Waals surface area contributed by atoms with Crippen molar-refractivity contribution in [1.82, 2.24) is 4.98 Å². The fraction of sp³-hybridized carbons (Fsp3) is 0. The summed E-state index contributed by atoms with van der Waals surface area (Å²) < 4.78 is 4.65. The minimum atomic E-state index is -2.05. The molecule has 0 radical (unpaired) electrons. The zero-order chi connectivity index (χ0) is 12.7. The third kappa shape index (κ3) is 1.74. The molecule has 0 atom stereocenters. The first-order chi connectivity index (χ1) is 9.45. The molecule has 1 aliphatic heterocycles. The molecule has 0 amide bonds. The van der Waals surface area contributed by atoms with Crippen LogP contribution in [0.1, 0.15) is 0 Å². The number of nitrogens with zero attached hydrogens (tertiary/aromatic N) is 1. The second kappa shape index (κ2) is 4.54. The van der Waals surface area contributed by atoms with Gasteiger partial charge in [0.05, 0.1) is 0 Å². The molecule has 19 heavy (non-hydrogen) atoms. The first-order valence-electron chi connectivity index (χ1n) is 6.34. The van der Waals surface area contributed by atoms with Gasteiger partial charge in [-0.15, -0.1) is 0 Å². The summed E-state index contributed by atoms with van der Waals surface area (Å²) in [4.78, 5) is 4.33. The SMILES string of the molecule is c1cnc[c]([Bi]2[c]3ccccc3-c3cccc[c]32)c1. The summed E-state index contributed by atoms with van der Waals surface area (Å²) in [7, 11) is 0. The van der Waals surface area contributed by atoms with Crippen LogP contribution in [0.5, 0.6) is 0 Å². The molecule has 4 rings (SSSR count). The Morgan fingerprint density at radius 1 is 0.684 bits per heavy atom. The van der Waals surface area contributed by atoms with Crippen LogP contribution in [-0.4, -0.2) is 26.7 Å². The molecule has 1 aliphatic rings. The van der Waals surface area contributed by atoms with Gasteiger partial charge in [-0.25, -0.2) is 0 Å². The Morgan fingerprint density at radius 3 is 1.89 bits per heavy atom. The Bertz CT molecular complexity index is 692. The molecule has 3 aromatic rings. The second-order valence-electron chi connectivity index (χ2n) is 4.58. The zero-order valence-electron chi connectivity index (χ0n) is 10.3. The zero-order valence-corrected chi connectivity index (χ0v) is 13.8. The number of pyridine rings is 1. The molecule has 90 valence electrons. The van der Waals surface area contributed by atoms with E-state index >= 15 is 0 Å². The van der Waals surface area contributed by atoms with Crippen LogP contribution in [0.2, 0.25) is 0 Å². The molecule has 0 bridgehead atoms. The predicted octanol–water partition coefficient (Wildman–Crippen LogP) is 1.58. The monoisotopic (exact) mass is 439 g/mol. The van der Waals surface area contributed by atoms with Crippen molar-refractivity contribution in [2.75, 3.05) is 0 Å². The van der Waals surface area contributed by atoms with E-state index in [1.165, 1.54) is 14.4 Å². The molecular weight excluding hydrogens is 427 g/mol. The molecular formula is C17H12BiN. The first kappa shape index (κ1) is 11.3. The van der Waals surface area contributed by atoms with E-state index in [9.17, 15) is 0 Å². The molecule has 1 aromatic heterocycles. The summed E-state index contributed by atoms with van der Waals surface area (Å²) in [5.74, 6) is 0. The molecule has 0 saturated heterocycles. The second-order valence-corrected chi connectivity index (χ2v) is 12.9. The molecule has 0 fully saturated rings. The Morgan fingerprint density at radius 2 is 1.32 bits per heavy atom. The topological polar surface area (TPSA) is 12.9 Å². The molecule has 0 N–H and O–H groups in total. The normalized spacial score (nSPS) is 13.1. The third-order valence-electron chi connectivity index (χ3n) is 3.48. The molecule has 0 aliphatic carbocycles. The van der Waals surface area contributed by atoms with Crippen LogP contribution in [-0.2, 0) is 0 Å². The molecule has 0 saturated carbocycles. The molecule has 0 spiro atoms. The Hall–Kier alpha value is -1.53. The van der Waals surface area contributed by atoms with Gasteiger partial charge in [0.1, 0.15) is 0 Å². The quantitative estimate of drug-likeness (QED) is 0.411. The number of fused-ring (bicyclic) bond motifs is 3. The van der Waals surface area contributed by atoms with Gasteiger partial charge < -0.3 is 0 Å². The average Bonchev–Trinajstić information content (AvgIpc) is 2.83. The molecule has 2 aromatic carbocycles. The maximum absolute atomic E-state index is 4.33. The van der Waals surface area contributed by atoms with E-state index in [1.807, 2.05) is 6.20 Å². The van der Waals surface area contributed by atoms with Crippen LogP contribution in [0.15, 0.2) is 73.1 Å². The third-order valence-corrected chi connectivity index (χ3v) is 13.3. The standard InChI is InChI=1S/C12H8.C5H4N.Bi/c1-3-7-11(8-4-1)12-9-5-2-6-10-12;1-2-4-6-5-3-1;/h1-7,9H;1-2,4-5H;. The van der Waals surface area contributed by atoms with Crippen LogP contribution in [0.25, 0.3) is 11.1 Å². The van der Waals surface area contributed by atoms with Crippen molar-refractivity contribution in [3.63, 3.8) is 0 Å². The van der Waals surface area contributed by atoms with Crippen LogP contribution < -0.4 is 9.81 Å². The predicted molar refractivity (Wildman–Crippen MR) is 80.8 cm³/mol. The maximum atomic E-state index is 4.33. The molecule has 1 nitrogen and oxygen atoms in total. The first-order valence-corrected chi connectivity index (χ1v) is 11.6. The summed E-state index contributed by atoms with van der Waals surface area (Å²) in [6.07, 6.45) is 3.93. The Balaban J connectivity index is 2.02. The fourth-order valence-corrected chi connectivity index (χ4v) is 12.7. The Kier molecular flexibility index (Phi) is 2.70. The van der Waals surface area contributed by atoms with Gasteiger partial charge >= 0.3 is 121 Å². The van der Waals surface area contributed by atoms with Crippen LogP contribution >= 0.6 is 0 Å². The van der Waals surface area contributed by atoms with Gasteiger partial charge in [0.2, 0.25) is 0 Å². The van der Waals surface area contributed by atoms with Crippen molar-refractivity contribution in [3.8, 4) is 11.1 Å². The van der Waals surface area contributed by atoms with E-state index in [2.05, 4.69) is 71.8 Å². The van der Waals surface area contributed by atoms with Crippen molar-refractivity contribution in [1.29, 1.82) is 0 Å². The van der Waals surface area contributed by atoms with Gasteiger partial charge in [0.15, 0.2) is 0 Å². The number of benzene rings is 2. The van der Waals surface area contributed by atoms with Crippen molar-refractivity contribution in [2.24, 2.45) is 0 Å². The van der Waals surface area contributed by atoms with Gasteiger partial charge in [0.25, 0.3) is 0 Å². The van der Waals surface area contributed by atoms with E-state index < -0.39 is 21.8 Å². The molecule has 0 unspecified atom stereocenters. The van der Waals surface area contributed by atoms with Crippen molar-refractivity contribution >= 4 is 31.6 Å². The fourth-order valence-electron chi connectivity index (χ4n) is 2.69. The summed E-state index contributed by atoms with van der Waals surface area (Å²) in [6, 6.07) is 22.1. The number of rotatable bonds is 1. The summed E-state index contributed by atoms with van der Waals surface area (Å²) in [5.41, 5.74) is 2.89. The molecule has 2 heterocycles. The number of hydrogen-bond acceptors (Lipinski definition) is 1. The average molecular weight is 439 g/mol. The summed E-state index contributed by atoms with van der Waals surface area (Å²) in [6.45, 7) is 0. The van der Waals surface area contributed by atoms with Crippen molar-refractivity contribution in [3.05, 3.63) is 73.1 Å². The van der Waals surface area contributed by atoms with E-state index in [1.54, 1.807) is 6.54 Å². The van der Waals surface area contributed by atoms with Gasteiger partial charge in [0, 0.05) is 0 Å².